The lowest BCUT2D eigenvalue weighted by Crippen LogP contribution is -1.94. The third-order valence-corrected chi connectivity index (χ3v) is 3.48. The van der Waals surface area contributed by atoms with E-state index >= 15 is 0 Å². The lowest BCUT2D eigenvalue weighted by atomic mass is 9.96. The third kappa shape index (κ3) is 2.41. The summed E-state index contributed by atoms with van der Waals surface area (Å²) in [4.78, 5) is 10.7. The van der Waals surface area contributed by atoms with E-state index in [4.69, 9.17) is 4.42 Å². The van der Waals surface area contributed by atoms with Gasteiger partial charge in [0.05, 0.1) is 0 Å². The number of aldehydes is 1. The van der Waals surface area contributed by atoms with Crippen molar-refractivity contribution in [2.45, 2.75) is 26.7 Å². The van der Waals surface area contributed by atoms with Crippen LogP contribution in [0.4, 0.5) is 0 Å². The molecule has 0 bridgehead atoms. The van der Waals surface area contributed by atoms with Crippen molar-refractivity contribution in [3.8, 4) is 11.3 Å². The molecular weight excluding hydrogens is 292 g/mol. The summed E-state index contributed by atoms with van der Waals surface area (Å²) in [5.74, 6) is 1.15. The number of halogens is 1. The first-order chi connectivity index (χ1) is 8.69. The Morgan fingerprint density at radius 3 is 2.22 bits per heavy atom. The van der Waals surface area contributed by atoms with E-state index in [1.807, 2.05) is 6.07 Å². The van der Waals surface area contributed by atoms with Gasteiger partial charge in [0.2, 0.25) is 0 Å². The lowest BCUT2D eigenvalue weighted by Gasteiger charge is -2.12. The summed E-state index contributed by atoms with van der Waals surface area (Å²) in [5.41, 5.74) is 3.58. The molecule has 2 rings (SSSR count). The van der Waals surface area contributed by atoms with Crippen LogP contribution in [-0.2, 0) is 12.8 Å². The van der Waals surface area contributed by atoms with Crippen LogP contribution >= 0.6 is 15.9 Å². The van der Waals surface area contributed by atoms with Crippen molar-refractivity contribution in [1.29, 1.82) is 0 Å². The predicted molar refractivity (Wildman–Crippen MR) is 76.0 cm³/mol. The second-order valence-electron chi connectivity index (χ2n) is 4.13. The molecule has 94 valence electrons. The molecule has 2 aromatic rings. The fourth-order valence-electron chi connectivity index (χ4n) is 2.15. The number of hydrogen-bond acceptors (Lipinski definition) is 2. The summed E-state index contributed by atoms with van der Waals surface area (Å²) >= 11 is 3.53. The van der Waals surface area contributed by atoms with Gasteiger partial charge in [-0.05, 0) is 48.2 Å². The summed E-state index contributed by atoms with van der Waals surface area (Å²) in [6.45, 7) is 4.24. The fraction of sp³-hybridized carbons (Fsp3) is 0.267. The van der Waals surface area contributed by atoms with Crippen molar-refractivity contribution in [2.24, 2.45) is 0 Å². The molecule has 0 spiro atoms. The van der Waals surface area contributed by atoms with Gasteiger partial charge < -0.3 is 4.42 Å². The lowest BCUT2D eigenvalue weighted by molar-refractivity contribution is 0.110. The maximum Gasteiger partial charge on any atom is 0.185 e. The molecule has 0 aliphatic carbocycles. The first-order valence-corrected chi connectivity index (χ1v) is 6.85. The van der Waals surface area contributed by atoms with Gasteiger partial charge in [0.15, 0.2) is 12.0 Å². The maximum atomic E-state index is 10.7. The largest absolute Gasteiger partial charge is 0.453 e. The Balaban J connectivity index is 2.63. The van der Waals surface area contributed by atoms with E-state index in [2.05, 4.69) is 41.9 Å². The fourth-order valence-corrected chi connectivity index (χ4v) is 2.70. The SMILES string of the molecule is CCc1cc(Br)cc(CC)c1-c1ccc(C=O)o1. The van der Waals surface area contributed by atoms with E-state index in [9.17, 15) is 4.79 Å². The number of carbonyl (C=O) groups excluding carboxylic acids is 1. The maximum absolute atomic E-state index is 10.7. The van der Waals surface area contributed by atoms with E-state index in [0.717, 1.165) is 34.9 Å². The van der Waals surface area contributed by atoms with E-state index in [0.29, 0.717) is 5.76 Å². The molecule has 1 aromatic heterocycles. The molecule has 3 heteroatoms. The quantitative estimate of drug-likeness (QED) is 0.770. The highest BCUT2D eigenvalue weighted by Gasteiger charge is 2.13. The molecule has 2 nitrogen and oxygen atoms in total. The van der Waals surface area contributed by atoms with Crippen molar-refractivity contribution in [3.63, 3.8) is 0 Å². The molecule has 0 N–H and O–H groups in total. The van der Waals surface area contributed by atoms with Crippen LogP contribution in [0.1, 0.15) is 35.5 Å². The number of carbonyl (C=O) groups is 1. The van der Waals surface area contributed by atoms with Crippen LogP contribution < -0.4 is 0 Å². The van der Waals surface area contributed by atoms with E-state index in [-0.39, 0.29) is 0 Å². The first-order valence-electron chi connectivity index (χ1n) is 6.06. The molecule has 0 aliphatic heterocycles. The molecule has 1 heterocycles. The van der Waals surface area contributed by atoms with Gasteiger partial charge in [-0.2, -0.15) is 0 Å². The van der Waals surface area contributed by atoms with Gasteiger partial charge in [0.25, 0.3) is 0 Å². The molecule has 0 unspecified atom stereocenters. The minimum Gasteiger partial charge on any atom is -0.453 e. The van der Waals surface area contributed by atoms with Crippen LogP contribution in [0.5, 0.6) is 0 Å². The van der Waals surface area contributed by atoms with Crippen molar-refractivity contribution in [3.05, 3.63) is 45.6 Å². The minimum absolute atomic E-state index is 0.372. The Labute approximate surface area is 115 Å². The van der Waals surface area contributed by atoms with Crippen LogP contribution in [0.15, 0.2) is 33.2 Å². The van der Waals surface area contributed by atoms with Crippen LogP contribution in [0, 0.1) is 0 Å². The summed E-state index contributed by atoms with van der Waals surface area (Å²) in [7, 11) is 0. The molecule has 0 saturated carbocycles. The highest BCUT2D eigenvalue weighted by molar-refractivity contribution is 9.10. The van der Waals surface area contributed by atoms with Crippen LogP contribution in [0.2, 0.25) is 0 Å². The van der Waals surface area contributed by atoms with Gasteiger partial charge in [-0.15, -0.1) is 0 Å². The summed E-state index contributed by atoms with van der Waals surface area (Å²) < 4.78 is 6.65. The topological polar surface area (TPSA) is 30.2 Å². The summed E-state index contributed by atoms with van der Waals surface area (Å²) in [6.07, 6.45) is 2.59. The first kappa shape index (κ1) is 13.1. The minimum atomic E-state index is 0.372. The normalized spacial score (nSPS) is 10.6. The number of rotatable bonds is 4. The van der Waals surface area contributed by atoms with Crippen molar-refractivity contribution >= 4 is 22.2 Å². The van der Waals surface area contributed by atoms with Gasteiger partial charge >= 0.3 is 0 Å². The highest BCUT2D eigenvalue weighted by Crippen LogP contribution is 2.32. The molecule has 1 aromatic carbocycles. The zero-order valence-electron chi connectivity index (χ0n) is 10.5. The number of hydrogen-bond donors (Lipinski definition) is 0. The van der Waals surface area contributed by atoms with Crippen molar-refractivity contribution in [2.75, 3.05) is 0 Å². The van der Waals surface area contributed by atoms with Gasteiger partial charge in [-0.3, -0.25) is 4.79 Å². The Bertz CT molecular complexity index is 545. The van der Waals surface area contributed by atoms with Gasteiger partial charge in [0.1, 0.15) is 5.76 Å². The molecule has 0 saturated heterocycles. The van der Waals surface area contributed by atoms with Crippen molar-refractivity contribution in [1.82, 2.24) is 0 Å². The molecular formula is C15H15BrO2. The molecule has 0 fully saturated rings. The van der Waals surface area contributed by atoms with E-state index in [1.165, 1.54) is 11.1 Å². The van der Waals surface area contributed by atoms with Crippen molar-refractivity contribution < 1.29 is 9.21 Å². The Kier molecular flexibility index (Phi) is 4.02. The summed E-state index contributed by atoms with van der Waals surface area (Å²) in [6, 6.07) is 7.80. The monoisotopic (exact) mass is 306 g/mol. The van der Waals surface area contributed by atoms with Gasteiger partial charge in [-0.25, -0.2) is 0 Å². The van der Waals surface area contributed by atoms with Crippen LogP contribution in [0.25, 0.3) is 11.3 Å². The predicted octanol–water partition coefficient (Wildman–Crippen LogP) is 4.65. The summed E-state index contributed by atoms with van der Waals surface area (Å²) in [5, 5.41) is 0. The Morgan fingerprint density at radius 2 is 1.78 bits per heavy atom. The average molecular weight is 307 g/mol. The number of benzene rings is 1. The molecule has 0 atom stereocenters. The smallest absolute Gasteiger partial charge is 0.185 e. The molecule has 0 radical (unpaired) electrons. The standard InChI is InChI=1S/C15H15BrO2/c1-3-10-7-12(16)8-11(4-2)15(10)14-6-5-13(9-17)18-14/h5-9H,3-4H2,1-2H3. The van der Waals surface area contributed by atoms with Crippen LogP contribution in [-0.4, -0.2) is 6.29 Å². The van der Waals surface area contributed by atoms with E-state index in [1.54, 1.807) is 6.07 Å². The van der Waals surface area contributed by atoms with Gasteiger partial charge in [-0.1, -0.05) is 29.8 Å². The third-order valence-electron chi connectivity index (χ3n) is 3.02. The Hall–Kier alpha value is -1.35. The number of furan rings is 1. The number of aryl methyl sites for hydroxylation is 2. The average Bonchev–Trinajstić information content (AvgIpc) is 2.85. The Morgan fingerprint density at radius 1 is 1.17 bits per heavy atom. The molecule has 18 heavy (non-hydrogen) atoms. The van der Waals surface area contributed by atoms with E-state index < -0.39 is 0 Å². The molecule has 0 aliphatic rings. The zero-order chi connectivity index (χ0) is 13.1. The van der Waals surface area contributed by atoms with Crippen LogP contribution in [0.3, 0.4) is 0 Å². The van der Waals surface area contributed by atoms with Gasteiger partial charge in [0, 0.05) is 10.0 Å². The second kappa shape index (κ2) is 5.53. The molecule has 0 amide bonds. The highest BCUT2D eigenvalue weighted by atomic mass is 79.9. The zero-order valence-corrected chi connectivity index (χ0v) is 12.1. The second-order valence-corrected chi connectivity index (χ2v) is 5.04.